The van der Waals surface area contributed by atoms with Crippen LogP contribution in [0.3, 0.4) is 0 Å². The fraction of sp³-hybridized carbons (Fsp3) is 0.0909. The first-order chi connectivity index (χ1) is 13.8. The number of carbonyl (C=O) groups is 1. The van der Waals surface area contributed by atoms with Crippen molar-refractivity contribution in [2.45, 2.75) is 13.8 Å². The number of halogens is 3. The minimum atomic E-state index is -0.552. The van der Waals surface area contributed by atoms with Crippen LogP contribution >= 0.6 is 34.8 Å². The first-order valence-corrected chi connectivity index (χ1v) is 9.76. The summed E-state index contributed by atoms with van der Waals surface area (Å²) in [4.78, 5) is 12.6. The highest BCUT2D eigenvalue weighted by molar-refractivity contribution is 6.37. The molecule has 146 valence electrons. The summed E-state index contributed by atoms with van der Waals surface area (Å²) in [6, 6.07) is 16.1. The molecule has 0 saturated carbocycles. The Labute approximate surface area is 183 Å². The largest absolute Gasteiger partial charge is 0.320 e. The molecule has 1 heterocycles. The number of anilines is 1. The number of aryl methyl sites for hydroxylation is 1. The summed E-state index contributed by atoms with van der Waals surface area (Å²) in [6.07, 6.45) is 1.56. The number of rotatable bonds is 4. The molecule has 3 aromatic rings. The van der Waals surface area contributed by atoms with Gasteiger partial charge in [0.25, 0.3) is 5.91 Å². The van der Waals surface area contributed by atoms with E-state index in [-0.39, 0.29) is 5.57 Å². The smallest absolute Gasteiger partial charge is 0.266 e. The fourth-order valence-electron chi connectivity index (χ4n) is 3.03. The first-order valence-electron chi connectivity index (χ1n) is 8.63. The normalized spacial score (nSPS) is 11.2. The van der Waals surface area contributed by atoms with Gasteiger partial charge in [-0.1, -0.05) is 40.9 Å². The van der Waals surface area contributed by atoms with Crippen molar-refractivity contribution in [3.05, 3.63) is 86.1 Å². The maximum Gasteiger partial charge on any atom is 0.266 e. The summed E-state index contributed by atoms with van der Waals surface area (Å²) in [5, 5.41) is 13.5. The molecule has 3 rings (SSSR count). The predicted molar refractivity (Wildman–Crippen MR) is 119 cm³/mol. The predicted octanol–water partition coefficient (Wildman–Crippen LogP) is 6.60. The molecule has 0 bridgehead atoms. The number of hydrogen-bond acceptors (Lipinski definition) is 2. The number of nitrogens with zero attached hydrogens (tertiary/aromatic N) is 2. The van der Waals surface area contributed by atoms with E-state index in [0.717, 1.165) is 22.6 Å². The molecule has 4 nitrogen and oxygen atoms in total. The molecule has 7 heteroatoms. The quantitative estimate of drug-likeness (QED) is 0.364. The summed E-state index contributed by atoms with van der Waals surface area (Å²) in [5.41, 5.74) is 3.85. The molecule has 0 aliphatic carbocycles. The van der Waals surface area contributed by atoms with Gasteiger partial charge in [-0.05, 0) is 68.0 Å². The standard InChI is InChI=1S/C22H16Cl3N3O/c1-13-8-15(14(2)28(13)19-5-3-4-17(23)10-19)9-16(12-26)22(29)27-21-7-6-18(24)11-20(21)25/h3-11H,1-2H3,(H,27,29)/b16-9-. The van der Waals surface area contributed by atoms with Crippen molar-refractivity contribution >= 4 is 52.5 Å². The minimum absolute atomic E-state index is 0.0395. The topological polar surface area (TPSA) is 57.8 Å². The Bertz CT molecular complexity index is 1170. The number of carbonyl (C=O) groups excluding carboxylic acids is 1. The third kappa shape index (κ3) is 4.65. The molecule has 0 saturated heterocycles. The van der Waals surface area contributed by atoms with E-state index < -0.39 is 5.91 Å². The fourth-order valence-corrected chi connectivity index (χ4v) is 3.67. The number of aromatic nitrogens is 1. The Morgan fingerprint density at radius 2 is 1.79 bits per heavy atom. The van der Waals surface area contributed by atoms with E-state index in [1.165, 1.54) is 6.07 Å². The van der Waals surface area contributed by atoms with Gasteiger partial charge in [0.1, 0.15) is 11.6 Å². The van der Waals surface area contributed by atoms with Crippen LogP contribution in [0.15, 0.2) is 54.1 Å². The summed E-state index contributed by atoms with van der Waals surface area (Å²) in [5.74, 6) is -0.552. The molecular formula is C22H16Cl3N3O. The van der Waals surface area contributed by atoms with Crippen LogP contribution in [0.5, 0.6) is 0 Å². The Morgan fingerprint density at radius 1 is 1.07 bits per heavy atom. The lowest BCUT2D eigenvalue weighted by molar-refractivity contribution is -0.112. The van der Waals surface area contributed by atoms with Gasteiger partial charge >= 0.3 is 0 Å². The molecule has 0 fully saturated rings. The molecule has 0 radical (unpaired) electrons. The lowest BCUT2D eigenvalue weighted by atomic mass is 10.1. The van der Waals surface area contributed by atoms with Gasteiger partial charge in [0.2, 0.25) is 0 Å². The Morgan fingerprint density at radius 3 is 2.45 bits per heavy atom. The summed E-state index contributed by atoms with van der Waals surface area (Å²) in [7, 11) is 0. The second kappa shape index (κ2) is 8.75. The van der Waals surface area contributed by atoms with Gasteiger partial charge in [-0.2, -0.15) is 5.26 Å². The molecule has 1 N–H and O–H groups in total. The van der Waals surface area contributed by atoms with Crippen LogP contribution < -0.4 is 5.32 Å². The summed E-state index contributed by atoms with van der Waals surface area (Å²) in [6.45, 7) is 3.87. The number of amides is 1. The van der Waals surface area contributed by atoms with E-state index in [4.69, 9.17) is 34.8 Å². The highest BCUT2D eigenvalue weighted by Crippen LogP contribution is 2.27. The van der Waals surface area contributed by atoms with Crippen molar-refractivity contribution in [2.24, 2.45) is 0 Å². The van der Waals surface area contributed by atoms with E-state index in [2.05, 4.69) is 5.32 Å². The third-order valence-electron chi connectivity index (χ3n) is 4.38. The maximum absolute atomic E-state index is 12.6. The van der Waals surface area contributed by atoms with Crippen molar-refractivity contribution < 1.29 is 4.79 Å². The Balaban J connectivity index is 1.94. The lowest BCUT2D eigenvalue weighted by Gasteiger charge is -2.10. The van der Waals surface area contributed by atoms with Crippen LogP contribution in [-0.2, 0) is 4.79 Å². The van der Waals surface area contributed by atoms with Crippen molar-refractivity contribution in [3.63, 3.8) is 0 Å². The number of benzene rings is 2. The molecule has 1 aromatic heterocycles. The third-order valence-corrected chi connectivity index (χ3v) is 5.16. The lowest BCUT2D eigenvalue weighted by Crippen LogP contribution is -2.13. The number of hydrogen-bond donors (Lipinski definition) is 1. The van der Waals surface area contributed by atoms with Gasteiger partial charge in [-0.15, -0.1) is 0 Å². The molecule has 0 aliphatic rings. The zero-order chi connectivity index (χ0) is 21.1. The van der Waals surface area contributed by atoms with Crippen molar-refractivity contribution in [1.82, 2.24) is 4.57 Å². The Kier molecular flexibility index (Phi) is 6.34. The van der Waals surface area contributed by atoms with E-state index in [1.54, 1.807) is 24.3 Å². The first kappa shape index (κ1) is 21.0. The van der Waals surface area contributed by atoms with Gasteiger partial charge in [0.15, 0.2) is 0 Å². The van der Waals surface area contributed by atoms with Gasteiger partial charge < -0.3 is 9.88 Å². The molecule has 0 atom stereocenters. The number of nitriles is 1. The highest BCUT2D eigenvalue weighted by atomic mass is 35.5. The van der Waals surface area contributed by atoms with Crippen LogP contribution in [0.25, 0.3) is 11.8 Å². The summed E-state index contributed by atoms with van der Waals surface area (Å²) >= 11 is 18.1. The second-order valence-corrected chi connectivity index (χ2v) is 7.67. The second-order valence-electron chi connectivity index (χ2n) is 6.39. The number of nitrogens with one attached hydrogen (secondary N) is 1. The average Bonchev–Trinajstić information content (AvgIpc) is 2.95. The summed E-state index contributed by atoms with van der Waals surface area (Å²) < 4.78 is 2.01. The van der Waals surface area contributed by atoms with Crippen LogP contribution in [0.1, 0.15) is 17.0 Å². The van der Waals surface area contributed by atoms with Crippen molar-refractivity contribution in [1.29, 1.82) is 5.26 Å². The van der Waals surface area contributed by atoms with Gasteiger partial charge in [0.05, 0.1) is 10.7 Å². The highest BCUT2D eigenvalue weighted by Gasteiger charge is 2.15. The van der Waals surface area contributed by atoms with Crippen LogP contribution in [-0.4, -0.2) is 10.5 Å². The molecule has 0 spiro atoms. The van der Waals surface area contributed by atoms with E-state index in [1.807, 2.05) is 48.7 Å². The SMILES string of the molecule is Cc1cc(/C=C(/C#N)C(=O)Nc2ccc(Cl)cc2Cl)c(C)n1-c1cccc(Cl)c1. The van der Waals surface area contributed by atoms with E-state index in [0.29, 0.717) is 20.8 Å². The van der Waals surface area contributed by atoms with Crippen molar-refractivity contribution in [2.75, 3.05) is 5.32 Å². The maximum atomic E-state index is 12.6. The average molecular weight is 445 g/mol. The van der Waals surface area contributed by atoms with Crippen LogP contribution in [0, 0.1) is 25.2 Å². The molecule has 0 aliphatic heterocycles. The van der Waals surface area contributed by atoms with Gasteiger partial charge in [-0.3, -0.25) is 4.79 Å². The van der Waals surface area contributed by atoms with Gasteiger partial charge in [-0.25, -0.2) is 0 Å². The molecule has 29 heavy (non-hydrogen) atoms. The molecule has 2 aromatic carbocycles. The zero-order valence-corrected chi connectivity index (χ0v) is 17.9. The zero-order valence-electron chi connectivity index (χ0n) is 15.6. The minimum Gasteiger partial charge on any atom is -0.320 e. The molecular weight excluding hydrogens is 429 g/mol. The van der Waals surface area contributed by atoms with E-state index in [9.17, 15) is 10.1 Å². The monoisotopic (exact) mass is 443 g/mol. The Hall–Kier alpha value is -2.71. The van der Waals surface area contributed by atoms with Crippen LogP contribution in [0.4, 0.5) is 5.69 Å². The van der Waals surface area contributed by atoms with E-state index >= 15 is 0 Å². The van der Waals surface area contributed by atoms with Gasteiger partial charge in [0, 0.05) is 27.1 Å². The molecule has 1 amide bonds. The van der Waals surface area contributed by atoms with Crippen molar-refractivity contribution in [3.8, 4) is 11.8 Å². The van der Waals surface area contributed by atoms with Crippen LogP contribution in [0.2, 0.25) is 15.1 Å². The molecule has 0 unspecified atom stereocenters.